The molecule has 0 aliphatic heterocycles. The van der Waals surface area contributed by atoms with Crippen LogP contribution in [-0.2, 0) is 19.8 Å². The van der Waals surface area contributed by atoms with Gasteiger partial charge in [-0.15, -0.1) is 0 Å². The van der Waals surface area contributed by atoms with Crippen molar-refractivity contribution >= 4 is 5.78 Å². The van der Waals surface area contributed by atoms with E-state index in [0.29, 0.717) is 5.56 Å². The minimum absolute atomic E-state index is 0.208. The molecule has 0 saturated carbocycles. The third-order valence-corrected chi connectivity index (χ3v) is 3.34. The largest absolute Gasteiger partial charge is 0.419 e. The summed E-state index contributed by atoms with van der Waals surface area (Å²) in [5.74, 6) is -0.261. The van der Waals surface area contributed by atoms with Gasteiger partial charge in [-0.1, -0.05) is 0 Å². The van der Waals surface area contributed by atoms with Crippen LogP contribution in [0, 0.1) is 13.8 Å². The zero-order chi connectivity index (χ0) is 15.1. The Morgan fingerprint density at radius 2 is 2.00 bits per heavy atom. The van der Waals surface area contributed by atoms with Gasteiger partial charge in [0.15, 0.2) is 5.78 Å². The first-order valence-electron chi connectivity index (χ1n) is 5.96. The van der Waals surface area contributed by atoms with Crippen LogP contribution in [-0.4, -0.2) is 20.1 Å². The van der Waals surface area contributed by atoms with E-state index in [2.05, 4.69) is 5.10 Å². The van der Waals surface area contributed by atoms with Crippen molar-refractivity contribution in [3.05, 3.63) is 41.0 Å². The predicted molar refractivity (Wildman–Crippen MR) is 66.4 cm³/mol. The maximum atomic E-state index is 12.4. The van der Waals surface area contributed by atoms with Crippen LogP contribution >= 0.6 is 0 Å². The molecular formula is C13H14F3N3O. The smallest absolute Gasteiger partial charge is 0.351 e. The molecule has 0 fully saturated rings. The molecule has 2 aromatic rings. The van der Waals surface area contributed by atoms with Crippen molar-refractivity contribution in [2.75, 3.05) is 0 Å². The van der Waals surface area contributed by atoms with Crippen LogP contribution in [0.3, 0.4) is 0 Å². The lowest BCUT2D eigenvalue weighted by Gasteiger charge is -2.03. The molecule has 0 saturated heterocycles. The fourth-order valence-electron chi connectivity index (χ4n) is 1.97. The van der Waals surface area contributed by atoms with Gasteiger partial charge in [0.25, 0.3) is 0 Å². The SMILES string of the molecule is Cc1cc(C(=O)Cn2cc(C(F)(F)F)cn2)c(C)n1C. The zero-order valence-corrected chi connectivity index (χ0v) is 11.3. The average molecular weight is 285 g/mol. The Hall–Kier alpha value is -2.05. The second-order valence-electron chi connectivity index (χ2n) is 4.69. The molecule has 2 heterocycles. The molecule has 0 aromatic carbocycles. The van der Waals surface area contributed by atoms with E-state index in [-0.39, 0.29) is 12.3 Å². The molecule has 7 heteroatoms. The Bertz CT molecular complexity index is 652. The van der Waals surface area contributed by atoms with Crippen LogP contribution in [0.5, 0.6) is 0 Å². The molecule has 108 valence electrons. The molecule has 0 amide bonds. The Balaban J connectivity index is 2.20. The van der Waals surface area contributed by atoms with E-state index in [0.717, 1.165) is 28.5 Å². The number of hydrogen-bond acceptors (Lipinski definition) is 2. The Kier molecular flexibility index (Phi) is 3.45. The van der Waals surface area contributed by atoms with E-state index in [1.54, 1.807) is 13.0 Å². The molecule has 0 bridgehead atoms. The fraction of sp³-hybridized carbons (Fsp3) is 0.385. The molecular weight excluding hydrogens is 271 g/mol. The van der Waals surface area contributed by atoms with Crippen LogP contribution in [0.4, 0.5) is 13.2 Å². The van der Waals surface area contributed by atoms with Crippen LogP contribution in [0.25, 0.3) is 0 Å². The first-order valence-corrected chi connectivity index (χ1v) is 5.96. The zero-order valence-electron chi connectivity index (χ0n) is 11.3. The van der Waals surface area contributed by atoms with Crippen LogP contribution < -0.4 is 0 Å². The molecule has 20 heavy (non-hydrogen) atoms. The minimum Gasteiger partial charge on any atom is -0.351 e. The lowest BCUT2D eigenvalue weighted by Crippen LogP contribution is -2.12. The normalized spacial score (nSPS) is 11.9. The van der Waals surface area contributed by atoms with Crippen molar-refractivity contribution in [3.63, 3.8) is 0 Å². The van der Waals surface area contributed by atoms with Gasteiger partial charge in [-0.25, -0.2) is 0 Å². The lowest BCUT2D eigenvalue weighted by molar-refractivity contribution is -0.137. The summed E-state index contributed by atoms with van der Waals surface area (Å²) in [5.41, 5.74) is 1.36. The number of rotatable bonds is 3. The summed E-state index contributed by atoms with van der Waals surface area (Å²) in [5, 5.41) is 3.58. The first-order chi connectivity index (χ1) is 9.20. The summed E-state index contributed by atoms with van der Waals surface area (Å²) >= 11 is 0. The molecule has 2 aromatic heterocycles. The highest BCUT2D eigenvalue weighted by Crippen LogP contribution is 2.28. The highest BCUT2D eigenvalue weighted by molar-refractivity contribution is 5.97. The number of halogens is 3. The summed E-state index contributed by atoms with van der Waals surface area (Å²) in [4.78, 5) is 12.1. The number of carbonyl (C=O) groups excluding carboxylic acids is 1. The van der Waals surface area contributed by atoms with Gasteiger partial charge in [-0.3, -0.25) is 9.48 Å². The third-order valence-electron chi connectivity index (χ3n) is 3.34. The molecule has 0 spiro atoms. The minimum atomic E-state index is -4.44. The summed E-state index contributed by atoms with van der Waals surface area (Å²) in [6.07, 6.45) is -2.89. The first kappa shape index (κ1) is 14.4. The number of alkyl halides is 3. The molecule has 4 nitrogen and oxygen atoms in total. The van der Waals surface area contributed by atoms with Gasteiger partial charge in [0.1, 0.15) is 6.54 Å². The van der Waals surface area contributed by atoms with Crippen molar-refractivity contribution in [3.8, 4) is 0 Å². The molecule has 2 rings (SSSR count). The fourth-order valence-corrected chi connectivity index (χ4v) is 1.97. The summed E-state index contributed by atoms with van der Waals surface area (Å²) in [6, 6.07) is 1.73. The Morgan fingerprint density at radius 1 is 1.35 bits per heavy atom. The van der Waals surface area contributed by atoms with E-state index in [1.807, 2.05) is 18.5 Å². The summed E-state index contributed by atoms with van der Waals surface area (Å²) in [6.45, 7) is 3.45. The van der Waals surface area contributed by atoms with Crippen molar-refractivity contribution in [2.45, 2.75) is 26.6 Å². The van der Waals surface area contributed by atoms with E-state index in [9.17, 15) is 18.0 Å². The summed E-state index contributed by atoms with van der Waals surface area (Å²) in [7, 11) is 1.83. The van der Waals surface area contributed by atoms with Crippen molar-refractivity contribution < 1.29 is 18.0 Å². The highest BCUT2D eigenvalue weighted by Gasteiger charge is 2.32. The predicted octanol–water partition coefficient (Wildman–Crippen LogP) is 2.74. The number of hydrogen-bond donors (Lipinski definition) is 0. The molecule has 0 atom stereocenters. The molecule has 0 N–H and O–H groups in total. The van der Waals surface area contributed by atoms with Gasteiger partial charge in [0, 0.05) is 30.2 Å². The number of nitrogens with zero attached hydrogens (tertiary/aromatic N) is 3. The van der Waals surface area contributed by atoms with Crippen molar-refractivity contribution in [2.24, 2.45) is 7.05 Å². The number of aryl methyl sites for hydroxylation is 1. The average Bonchev–Trinajstić information content (AvgIpc) is 2.90. The van der Waals surface area contributed by atoms with Crippen LogP contribution in [0.2, 0.25) is 0 Å². The molecule has 0 unspecified atom stereocenters. The van der Waals surface area contributed by atoms with E-state index in [4.69, 9.17) is 0 Å². The maximum absolute atomic E-state index is 12.4. The Labute approximate surface area is 113 Å². The summed E-state index contributed by atoms with van der Waals surface area (Å²) < 4.78 is 40.2. The topological polar surface area (TPSA) is 39.8 Å². The van der Waals surface area contributed by atoms with Crippen molar-refractivity contribution in [1.29, 1.82) is 0 Å². The van der Waals surface area contributed by atoms with E-state index < -0.39 is 11.7 Å². The van der Waals surface area contributed by atoms with Gasteiger partial charge in [0.05, 0.1) is 11.8 Å². The van der Waals surface area contributed by atoms with Gasteiger partial charge in [0.2, 0.25) is 0 Å². The monoisotopic (exact) mass is 285 g/mol. The van der Waals surface area contributed by atoms with Crippen LogP contribution in [0.15, 0.2) is 18.5 Å². The lowest BCUT2D eigenvalue weighted by atomic mass is 10.1. The van der Waals surface area contributed by atoms with Crippen molar-refractivity contribution in [1.82, 2.24) is 14.3 Å². The van der Waals surface area contributed by atoms with Gasteiger partial charge in [-0.2, -0.15) is 18.3 Å². The van der Waals surface area contributed by atoms with Crippen LogP contribution in [0.1, 0.15) is 27.3 Å². The second-order valence-corrected chi connectivity index (χ2v) is 4.69. The Morgan fingerprint density at radius 3 is 2.45 bits per heavy atom. The second kappa shape index (κ2) is 4.81. The maximum Gasteiger partial charge on any atom is 0.419 e. The van der Waals surface area contributed by atoms with E-state index in [1.165, 1.54) is 0 Å². The number of carbonyl (C=O) groups is 1. The van der Waals surface area contributed by atoms with Gasteiger partial charge in [-0.05, 0) is 19.9 Å². The van der Waals surface area contributed by atoms with Gasteiger partial charge < -0.3 is 4.57 Å². The quantitative estimate of drug-likeness (QED) is 0.813. The molecule has 0 radical (unpaired) electrons. The standard InChI is InChI=1S/C13H14F3N3O/c1-8-4-11(9(2)18(8)3)12(20)7-19-6-10(5-17-19)13(14,15)16/h4-6H,7H2,1-3H3. The molecule has 0 aliphatic carbocycles. The van der Waals surface area contributed by atoms with E-state index >= 15 is 0 Å². The molecule has 0 aliphatic rings. The van der Waals surface area contributed by atoms with Gasteiger partial charge >= 0.3 is 6.18 Å². The third kappa shape index (κ3) is 2.61. The number of Topliss-reactive ketones (excluding diaryl/α,β-unsaturated/α-hetero) is 1. The number of aromatic nitrogens is 3. The number of ketones is 1. The highest BCUT2D eigenvalue weighted by atomic mass is 19.4.